The number of likely N-dealkylation sites (tertiary alicyclic amines) is 1. The molecule has 6 heterocycles. The van der Waals surface area contributed by atoms with Crippen molar-refractivity contribution in [2.75, 3.05) is 19.7 Å². The van der Waals surface area contributed by atoms with Gasteiger partial charge in [0.05, 0.1) is 42.0 Å². The zero-order chi connectivity index (χ0) is 29.8. The van der Waals surface area contributed by atoms with Crippen LogP contribution in [0.2, 0.25) is 5.02 Å². The Labute approximate surface area is 257 Å². The highest BCUT2D eigenvalue weighted by atomic mass is 35.5. The van der Waals surface area contributed by atoms with Gasteiger partial charge in [0.1, 0.15) is 17.3 Å². The number of H-pyrrole nitrogens is 1. The largest absolute Gasteiger partial charge is 0.444 e. The van der Waals surface area contributed by atoms with Crippen LogP contribution in [0.4, 0.5) is 4.39 Å². The van der Waals surface area contributed by atoms with Crippen molar-refractivity contribution in [1.82, 2.24) is 40.1 Å². The summed E-state index contributed by atoms with van der Waals surface area (Å²) in [6.07, 6.45) is 4.96. The number of nitrogens with zero attached hydrogens (tertiary/aromatic N) is 7. The van der Waals surface area contributed by atoms with Crippen LogP contribution in [0.1, 0.15) is 49.1 Å². The van der Waals surface area contributed by atoms with Crippen LogP contribution < -0.4 is 9.47 Å². The molecule has 0 amide bonds. The Balaban J connectivity index is 0.999. The molecule has 0 radical (unpaired) electrons. The number of pyridine rings is 1. The monoisotopic (exact) mass is 616 g/mol. The van der Waals surface area contributed by atoms with E-state index in [9.17, 15) is 4.39 Å². The van der Waals surface area contributed by atoms with Gasteiger partial charge in [0, 0.05) is 24.1 Å². The van der Waals surface area contributed by atoms with Crippen molar-refractivity contribution < 1.29 is 18.6 Å². The average Bonchev–Trinajstić information content (AvgIpc) is 3.72. The zero-order valence-electron chi connectivity index (χ0n) is 24.0. The van der Waals surface area contributed by atoms with Crippen molar-refractivity contribution >= 4 is 22.6 Å². The third-order valence-corrected chi connectivity index (χ3v) is 9.14. The van der Waals surface area contributed by atoms with Gasteiger partial charge < -0.3 is 18.8 Å². The second-order valence-electron chi connectivity index (χ2n) is 11.7. The second-order valence-corrected chi connectivity index (χ2v) is 12.2. The van der Waals surface area contributed by atoms with E-state index in [1.54, 1.807) is 19.1 Å². The fourth-order valence-corrected chi connectivity index (χ4v) is 6.63. The van der Waals surface area contributed by atoms with Gasteiger partial charge in [-0.1, -0.05) is 23.7 Å². The van der Waals surface area contributed by atoms with Crippen molar-refractivity contribution in [3.05, 3.63) is 76.5 Å². The molecule has 3 aliphatic heterocycles. The van der Waals surface area contributed by atoms with E-state index < -0.39 is 11.6 Å². The normalized spacial score (nSPS) is 22.0. The molecule has 11 nitrogen and oxygen atoms in total. The van der Waals surface area contributed by atoms with Gasteiger partial charge in [-0.3, -0.25) is 9.88 Å². The van der Waals surface area contributed by atoms with Crippen LogP contribution in [0, 0.1) is 5.82 Å². The molecule has 1 N–H and O–H groups in total. The fourth-order valence-electron chi connectivity index (χ4n) is 6.47. The van der Waals surface area contributed by atoms with E-state index in [-0.39, 0.29) is 12.0 Å². The summed E-state index contributed by atoms with van der Waals surface area (Å²) >= 11 is 5.99. The number of aromatic nitrogens is 7. The Bertz CT molecular complexity index is 1840. The molecule has 1 unspecified atom stereocenters. The lowest BCUT2D eigenvalue weighted by Gasteiger charge is -2.33. The van der Waals surface area contributed by atoms with Crippen molar-refractivity contribution in [3.63, 3.8) is 0 Å². The van der Waals surface area contributed by atoms with Gasteiger partial charge in [-0.2, -0.15) is 0 Å². The van der Waals surface area contributed by atoms with Gasteiger partial charge >= 0.3 is 0 Å². The molecule has 13 heteroatoms. The Hall–Kier alpha value is -4.13. The summed E-state index contributed by atoms with van der Waals surface area (Å²) in [5.74, 6) is 1.37. The van der Waals surface area contributed by atoms with Gasteiger partial charge in [0.25, 0.3) is 5.79 Å². The first kappa shape index (κ1) is 27.4. The van der Waals surface area contributed by atoms with Crippen LogP contribution in [-0.2, 0) is 23.6 Å². The second kappa shape index (κ2) is 10.8. The molecule has 44 heavy (non-hydrogen) atoms. The number of imidazole rings is 1. The number of hydrogen-bond acceptors (Lipinski definition) is 9. The first-order valence-corrected chi connectivity index (χ1v) is 15.2. The lowest BCUT2D eigenvalue weighted by atomic mass is 9.88. The Morgan fingerprint density at radius 1 is 1.11 bits per heavy atom. The number of rotatable bonds is 7. The smallest absolute Gasteiger partial charge is 0.278 e. The van der Waals surface area contributed by atoms with E-state index in [0.717, 1.165) is 67.9 Å². The molecule has 0 bridgehead atoms. The zero-order valence-corrected chi connectivity index (χ0v) is 24.8. The molecule has 5 aromatic rings. The minimum Gasteiger partial charge on any atom is -0.444 e. The highest BCUT2D eigenvalue weighted by Crippen LogP contribution is 2.50. The first-order chi connectivity index (χ1) is 21.4. The quantitative estimate of drug-likeness (QED) is 0.263. The highest BCUT2D eigenvalue weighted by molar-refractivity contribution is 6.30. The summed E-state index contributed by atoms with van der Waals surface area (Å²) in [5, 5.41) is 14.4. The van der Waals surface area contributed by atoms with E-state index in [1.807, 2.05) is 24.4 Å². The average molecular weight is 617 g/mol. The number of piperidine rings is 1. The topological polar surface area (TPSA) is 116 Å². The van der Waals surface area contributed by atoms with Crippen molar-refractivity contribution in [1.29, 1.82) is 0 Å². The number of ether oxygens (including phenoxy) is 3. The minimum absolute atomic E-state index is 0.185. The summed E-state index contributed by atoms with van der Waals surface area (Å²) in [7, 11) is 0. The van der Waals surface area contributed by atoms with E-state index in [0.29, 0.717) is 40.1 Å². The molecule has 0 saturated carbocycles. The minimum atomic E-state index is -1.27. The summed E-state index contributed by atoms with van der Waals surface area (Å²) in [6, 6.07) is 12.4. The first-order valence-electron chi connectivity index (χ1n) is 14.8. The number of hydrogen-bond donors (Lipinski definition) is 1. The van der Waals surface area contributed by atoms with Crippen LogP contribution in [0.15, 0.2) is 48.7 Å². The molecule has 2 atom stereocenters. The van der Waals surface area contributed by atoms with Crippen LogP contribution in [0.25, 0.3) is 22.6 Å². The van der Waals surface area contributed by atoms with Gasteiger partial charge in [0.15, 0.2) is 17.3 Å². The maximum atomic E-state index is 14.8. The number of tetrazole rings is 1. The van der Waals surface area contributed by atoms with Gasteiger partial charge in [0.2, 0.25) is 0 Å². The number of aromatic amines is 1. The fraction of sp³-hybridized carbons (Fsp3) is 0.387. The van der Waals surface area contributed by atoms with E-state index in [1.165, 1.54) is 6.07 Å². The third kappa shape index (κ3) is 4.86. The molecule has 226 valence electrons. The molecular weight excluding hydrogens is 587 g/mol. The number of nitrogens with one attached hydrogen (secondary N) is 1. The maximum absolute atomic E-state index is 14.8. The van der Waals surface area contributed by atoms with E-state index >= 15 is 0 Å². The molecule has 2 saturated heterocycles. The lowest BCUT2D eigenvalue weighted by Crippen LogP contribution is -2.35. The summed E-state index contributed by atoms with van der Waals surface area (Å²) < 4.78 is 35.4. The van der Waals surface area contributed by atoms with Crippen molar-refractivity contribution in [2.24, 2.45) is 0 Å². The molecule has 8 rings (SSSR count). The molecule has 0 aliphatic carbocycles. The Morgan fingerprint density at radius 2 is 1.98 bits per heavy atom. The third-order valence-electron chi connectivity index (χ3n) is 8.90. The summed E-state index contributed by atoms with van der Waals surface area (Å²) in [4.78, 5) is 12.1. The predicted molar refractivity (Wildman–Crippen MR) is 159 cm³/mol. The Morgan fingerprint density at radius 3 is 2.73 bits per heavy atom. The van der Waals surface area contributed by atoms with Gasteiger partial charge in [-0.15, -0.1) is 5.10 Å². The Kier molecular flexibility index (Phi) is 6.73. The van der Waals surface area contributed by atoms with E-state index in [4.69, 9.17) is 30.8 Å². The molecular formula is C31H30ClFN8O3. The lowest BCUT2D eigenvalue weighted by molar-refractivity contribution is -0.0712. The van der Waals surface area contributed by atoms with Gasteiger partial charge in [-0.05, 0) is 79.0 Å². The molecule has 0 spiro atoms. The number of halogens is 2. The predicted octanol–water partition coefficient (Wildman–Crippen LogP) is 5.22. The standard InChI is InChI=1S/C31H30ClFN8O3/c1-31(22-6-5-19(32)13-23(22)33)43-27-4-2-3-21(29(27)44-31)18-7-10-40(11-8-18)17-28-35-24-14-25(30-36-38-39-37-30)34-15-26(24)41(28)16-20-9-12-42-20/h2-6,13-15,18,20H,7-12,16-17H2,1H3,(H,36,37,38,39)/t20-,31?/m0/s1. The summed E-state index contributed by atoms with van der Waals surface area (Å²) in [5.41, 5.74) is 3.88. The van der Waals surface area contributed by atoms with Crippen LogP contribution in [0.5, 0.6) is 11.5 Å². The van der Waals surface area contributed by atoms with E-state index in [2.05, 4.69) is 41.1 Å². The van der Waals surface area contributed by atoms with Crippen LogP contribution in [0.3, 0.4) is 0 Å². The molecule has 2 aromatic carbocycles. The molecule has 3 aromatic heterocycles. The summed E-state index contributed by atoms with van der Waals surface area (Å²) in [6.45, 7) is 5.80. The van der Waals surface area contributed by atoms with Crippen LogP contribution >= 0.6 is 11.6 Å². The molecule has 2 fully saturated rings. The molecule has 3 aliphatic rings. The van der Waals surface area contributed by atoms with Crippen molar-refractivity contribution in [2.45, 2.75) is 57.1 Å². The maximum Gasteiger partial charge on any atom is 0.278 e. The number of fused-ring (bicyclic) bond motifs is 2. The van der Waals surface area contributed by atoms with Crippen LogP contribution in [-0.4, -0.2) is 65.9 Å². The highest BCUT2D eigenvalue weighted by Gasteiger charge is 2.43. The SMILES string of the molecule is CC1(c2ccc(Cl)cc2F)Oc2cccc(C3CCN(Cc4nc5cc(-c6nnn[nH]6)ncc5n4C[C@@H]4CCO4)CC3)c2O1. The van der Waals surface area contributed by atoms with Crippen molar-refractivity contribution in [3.8, 4) is 23.0 Å². The number of benzene rings is 2. The number of para-hydroxylation sites is 1. The van der Waals surface area contributed by atoms with Gasteiger partial charge in [-0.25, -0.2) is 14.5 Å².